The predicted molar refractivity (Wildman–Crippen MR) is 107 cm³/mol. The summed E-state index contributed by atoms with van der Waals surface area (Å²) in [5, 5.41) is 12.2. The van der Waals surface area contributed by atoms with Crippen molar-refractivity contribution in [2.45, 2.75) is 13.0 Å². The highest BCUT2D eigenvalue weighted by Crippen LogP contribution is 2.22. The van der Waals surface area contributed by atoms with E-state index in [4.69, 9.17) is 5.73 Å². The van der Waals surface area contributed by atoms with E-state index in [1.54, 1.807) is 29.2 Å². The monoisotopic (exact) mass is 388 g/mol. The molecule has 0 saturated carbocycles. The van der Waals surface area contributed by atoms with Crippen molar-refractivity contribution in [3.8, 4) is 11.4 Å². The molecule has 1 aromatic heterocycles. The van der Waals surface area contributed by atoms with Crippen LogP contribution >= 0.6 is 0 Å². The molecule has 0 atom stereocenters. The maximum Gasteiger partial charge on any atom is 0.248 e. The second-order valence-corrected chi connectivity index (χ2v) is 6.77. The molecule has 2 aromatic carbocycles. The molecule has 3 aromatic rings. The van der Waals surface area contributed by atoms with Crippen molar-refractivity contribution < 1.29 is 9.59 Å². The second-order valence-electron chi connectivity index (χ2n) is 6.77. The van der Waals surface area contributed by atoms with Gasteiger partial charge in [-0.1, -0.05) is 48.5 Å². The van der Waals surface area contributed by atoms with Crippen molar-refractivity contribution >= 4 is 17.4 Å². The summed E-state index contributed by atoms with van der Waals surface area (Å²) in [6.07, 6.45) is 2.91. The van der Waals surface area contributed by atoms with Gasteiger partial charge in [-0.25, -0.2) is 0 Å². The van der Waals surface area contributed by atoms with Crippen LogP contribution in [0.3, 0.4) is 0 Å². The summed E-state index contributed by atoms with van der Waals surface area (Å²) in [5.74, 6) is -0.162. The molecule has 8 nitrogen and oxygen atoms in total. The highest BCUT2D eigenvalue weighted by atomic mass is 16.2. The molecule has 0 unspecified atom stereocenters. The first-order valence-corrected chi connectivity index (χ1v) is 9.30. The van der Waals surface area contributed by atoms with Gasteiger partial charge in [-0.05, 0) is 34.9 Å². The summed E-state index contributed by atoms with van der Waals surface area (Å²) in [5.41, 5.74) is 8.80. The minimum absolute atomic E-state index is 0.0287. The molecule has 146 valence electrons. The van der Waals surface area contributed by atoms with Crippen LogP contribution in [-0.4, -0.2) is 50.0 Å². The van der Waals surface area contributed by atoms with Crippen molar-refractivity contribution in [2.24, 2.45) is 5.73 Å². The van der Waals surface area contributed by atoms with Crippen LogP contribution in [0.4, 0.5) is 0 Å². The van der Waals surface area contributed by atoms with Gasteiger partial charge in [0.05, 0.1) is 0 Å². The van der Waals surface area contributed by atoms with E-state index in [-0.39, 0.29) is 12.5 Å². The Morgan fingerprint density at radius 1 is 1.00 bits per heavy atom. The number of nitrogens with zero attached hydrogens (tertiary/aromatic N) is 5. The second kappa shape index (κ2) is 8.05. The molecule has 8 heteroatoms. The van der Waals surface area contributed by atoms with Gasteiger partial charge in [-0.2, -0.15) is 4.80 Å². The number of primary amides is 1. The summed E-state index contributed by atoms with van der Waals surface area (Å²) in [4.78, 5) is 26.8. The summed E-state index contributed by atoms with van der Waals surface area (Å²) in [6.45, 7) is 1.26. The zero-order valence-corrected chi connectivity index (χ0v) is 15.7. The number of carbonyl (C=O) groups excluding carboxylic acids is 2. The number of amides is 2. The van der Waals surface area contributed by atoms with E-state index in [1.165, 1.54) is 15.9 Å². The third-order valence-corrected chi connectivity index (χ3v) is 4.86. The Kier molecular flexibility index (Phi) is 5.15. The lowest BCUT2D eigenvalue weighted by Gasteiger charge is -2.26. The van der Waals surface area contributed by atoms with Crippen LogP contribution in [0, 0.1) is 0 Å². The molecule has 4 rings (SSSR count). The quantitative estimate of drug-likeness (QED) is 0.717. The van der Waals surface area contributed by atoms with Gasteiger partial charge in [-0.15, -0.1) is 10.2 Å². The standard InChI is InChI=1S/C21H20N6O2/c22-20(29)17-6-8-18(9-7-17)21-23-25-27(24-21)14-19(28)26-12-10-16(11-13-26)15-4-2-1-3-5-15/h1-10H,11-14H2,(H2,22,29). The highest BCUT2D eigenvalue weighted by molar-refractivity contribution is 5.93. The van der Waals surface area contributed by atoms with E-state index >= 15 is 0 Å². The van der Waals surface area contributed by atoms with Gasteiger partial charge in [-0.3, -0.25) is 9.59 Å². The molecule has 2 heterocycles. The fourth-order valence-corrected chi connectivity index (χ4v) is 3.24. The van der Waals surface area contributed by atoms with Gasteiger partial charge in [0, 0.05) is 24.2 Å². The van der Waals surface area contributed by atoms with Crippen LogP contribution in [0.15, 0.2) is 60.7 Å². The first-order chi connectivity index (χ1) is 14.1. The van der Waals surface area contributed by atoms with E-state index in [0.29, 0.717) is 30.0 Å². The van der Waals surface area contributed by atoms with Crippen LogP contribution in [-0.2, 0) is 11.3 Å². The molecule has 0 saturated heterocycles. The zero-order chi connectivity index (χ0) is 20.2. The SMILES string of the molecule is NC(=O)c1ccc(-c2nnn(CC(=O)N3CC=C(c4ccccc4)CC3)n2)cc1. The van der Waals surface area contributed by atoms with Gasteiger partial charge in [0.2, 0.25) is 17.6 Å². The Bertz CT molecular complexity index is 1060. The molecule has 2 N–H and O–H groups in total. The minimum atomic E-state index is -0.496. The molecular weight excluding hydrogens is 368 g/mol. The van der Waals surface area contributed by atoms with Crippen molar-refractivity contribution in [2.75, 3.05) is 13.1 Å². The fourth-order valence-electron chi connectivity index (χ4n) is 3.24. The third-order valence-electron chi connectivity index (χ3n) is 4.86. The number of hydrogen-bond donors (Lipinski definition) is 1. The molecule has 29 heavy (non-hydrogen) atoms. The van der Waals surface area contributed by atoms with Crippen molar-refractivity contribution in [1.29, 1.82) is 0 Å². The van der Waals surface area contributed by atoms with Crippen LogP contribution < -0.4 is 5.73 Å². The zero-order valence-electron chi connectivity index (χ0n) is 15.7. The van der Waals surface area contributed by atoms with Gasteiger partial charge < -0.3 is 10.6 Å². The van der Waals surface area contributed by atoms with Crippen LogP contribution in [0.25, 0.3) is 17.0 Å². The first kappa shape index (κ1) is 18.5. The Balaban J connectivity index is 1.38. The van der Waals surface area contributed by atoms with Gasteiger partial charge >= 0.3 is 0 Å². The van der Waals surface area contributed by atoms with Crippen molar-refractivity contribution in [1.82, 2.24) is 25.1 Å². The lowest BCUT2D eigenvalue weighted by atomic mass is 9.99. The number of rotatable bonds is 5. The topological polar surface area (TPSA) is 107 Å². The average molecular weight is 388 g/mol. The smallest absolute Gasteiger partial charge is 0.248 e. The van der Waals surface area contributed by atoms with Crippen LogP contribution in [0.2, 0.25) is 0 Å². The van der Waals surface area contributed by atoms with Gasteiger partial charge in [0.1, 0.15) is 6.54 Å². The summed E-state index contributed by atoms with van der Waals surface area (Å²) >= 11 is 0. The number of tetrazole rings is 1. The first-order valence-electron chi connectivity index (χ1n) is 9.30. The number of nitrogens with two attached hydrogens (primary N) is 1. The minimum Gasteiger partial charge on any atom is -0.366 e. The molecule has 0 bridgehead atoms. The van der Waals surface area contributed by atoms with E-state index in [1.807, 2.05) is 18.2 Å². The lowest BCUT2D eigenvalue weighted by Crippen LogP contribution is -2.37. The maximum atomic E-state index is 12.6. The summed E-state index contributed by atoms with van der Waals surface area (Å²) < 4.78 is 0. The van der Waals surface area contributed by atoms with E-state index in [0.717, 1.165) is 6.42 Å². The molecule has 0 radical (unpaired) electrons. The molecular formula is C21H20N6O2. The van der Waals surface area contributed by atoms with E-state index in [9.17, 15) is 9.59 Å². The molecule has 2 amide bonds. The summed E-state index contributed by atoms with van der Waals surface area (Å²) in [7, 11) is 0. The molecule has 1 aliphatic heterocycles. The Morgan fingerprint density at radius 3 is 2.41 bits per heavy atom. The molecule has 0 spiro atoms. The van der Waals surface area contributed by atoms with Crippen molar-refractivity contribution in [3.05, 3.63) is 71.8 Å². The normalized spacial score (nSPS) is 13.8. The van der Waals surface area contributed by atoms with Crippen molar-refractivity contribution in [3.63, 3.8) is 0 Å². The third kappa shape index (κ3) is 4.21. The van der Waals surface area contributed by atoms with Crippen LogP contribution in [0.1, 0.15) is 22.3 Å². The molecule has 1 aliphatic rings. The molecule has 0 fully saturated rings. The maximum absolute atomic E-state index is 12.6. The van der Waals surface area contributed by atoms with E-state index < -0.39 is 5.91 Å². The number of carbonyl (C=O) groups is 2. The van der Waals surface area contributed by atoms with Crippen LogP contribution in [0.5, 0.6) is 0 Å². The Hall–Kier alpha value is -3.81. The lowest BCUT2D eigenvalue weighted by molar-refractivity contribution is -0.131. The fraction of sp³-hybridized carbons (Fsp3) is 0.190. The number of aromatic nitrogens is 4. The molecule has 0 aliphatic carbocycles. The predicted octanol–water partition coefficient (Wildman–Crippen LogP) is 1.75. The average Bonchev–Trinajstić information content (AvgIpc) is 3.23. The largest absolute Gasteiger partial charge is 0.366 e. The Morgan fingerprint density at radius 2 is 1.76 bits per heavy atom. The van der Waals surface area contributed by atoms with E-state index in [2.05, 4.69) is 33.6 Å². The van der Waals surface area contributed by atoms with Gasteiger partial charge in [0.15, 0.2) is 0 Å². The number of hydrogen-bond acceptors (Lipinski definition) is 5. The Labute approximate surface area is 167 Å². The van der Waals surface area contributed by atoms with Gasteiger partial charge in [0.25, 0.3) is 0 Å². The summed E-state index contributed by atoms with van der Waals surface area (Å²) in [6, 6.07) is 16.8. The number of benzene rings is 2. The highest BCUT2D eigenvalue weighted by Gasteiger charge is 2.19.